The summed E-state index contributed by atoms with van der Waals surface area (Å²) in [6.45, 7) is 2.32. The van der Waals surface area contributed by atoms with Crippen LogP contribution in [-0.4, -0.2) is 30.3 Å². The summed E-state index contributed by atoms with van der Waals surface area (Å²) in [5, 5.41) is 7.18. The molecule has 3 aromatic rings. The zero-order valence-electron chi connectivity index (χ0n) is 17.3. The maximum absolute atomic E-state index is 13.1. The highest BCUT2D eigenvalue weighted by atomic mass is 16.5. The molecule has 4 rings (SSSR count). The van der Waals surface area contributed by atoms with Crippen molar-refractivity contribution in [1.82, 2.24) is 10.5 Å². The third-order valence-corrected chi connectivity index (χ3v) is 5.52. The first-order valence-corrected chi connectivity index (χ1v) is 10.2. The summed E-state index contributed by atoms with van der Waals surface area (Å²) in [5.74, 6) is 1.03. The number of hydrogen-bond acceptors (Lipinski definition) is 5. The smallest absolute Gasteiger partial charge is 0.257 e. The van der Waals surface area contributed by atoms with Crippen LogP contribution in [0, 0.1) is 6.92 Å². The van der Waals surface area contributed by atoms with Crippen LogP contribution < -0.4 is 10.1 Å². The quantitative estimate of drug-likeness (QED) is 0.624. The molecule has 1 aliphatic carbocycles. The minimum atomic E-state index is -0.181. The van der Waals surface area contributed by atoms with Crippen molar-refractivity contribution in [2.45, 2.75) is 44.9 Å². The summed E-state index contributed by atoms with van der Waals surface area (Å²) in [6.07, 6.45) is 2.86. The van der Waals surface area contributed by atoms with Gasteiger partial charge in [0, 0.05) is 5.56 Å². The molecule has 156 valence electrons. The monoisotopic (exact) mass is 406 g/mol. The number of aromatic nitrogens is 1. The summed E-state index contributed by atoms with van der Waals surface area (Å²) in [5.41, 5.74) is 2.95. The van der Waals surface area contributed by atoms with Crippen LogP contribution in [0.1, 0.15) is 40.9 Å². The van der Waals surface area contributed by atoms with E-state index in [-0.39, 0.29) is 18.1 Å². The van der Waals surface area contributed by atoms with E-state index in [0.29, 0.717) is 23.6 Å². The second-order valence-electron chi connectivity index (χ2n) is 7.55. The van der Waals surface area contributed by atoms with Crippen molar-refractivity contribution in [3.05, 3.63) is 71.4 Å². The molecule has 0 unspecified atom stereocenters. The highest BCUT2D eigenvalue weighted by molar-refractivity contribution is 6.00. The van der Waals surface area contributed by atoms with Gasteiger partial charge in [-0.05, 0) is 56.0 Å². The topological polar surface area (TPSA) is 73.6 Å². The number of carbonyl (C=O) groups excluding carboxylic acids is 1. The lowest BCUT2D eigenvalue weighted by atomic mass is 10.1. The molecule has 1 aliphatic rings. The molecule has 1 aromatic heterocycles. The molecular weight excluding hydrogens is 380 g/mol. The lowest BCUT2D eigenvalue weighted by molar-refractivity contribution is 0.0272. The minimum Gasteiger partial charge on any atom is -0.497 e. The molecule has 0 bridgehead atoms. The average molecular weight is 406 g/mol. The van der Waals surface area contributed by atoms with Crippen LogP contribution in [0.3, 0.4) is 0 Å². The van der Waals surface area contributed by atoms with E-state index in [1.807, 2.05) is 54.6 Å². The highest BCUT2D eigenvalue weighted by Crippen LogP contribution is 2.29. The average Bonchev–Trinajstić information content (AvgIpc) is 3.39. The van der Waals surface area contributed by atoms with Crippen molar-refractivity contribution in [1.29, 1.82) is 0 Å². The zero-order chi connectivity index (χ0) is 20.9. The standard InChI is InChI=1S/C24H26N2O4/c1-16-22(23(30-26-16)18-11-13-19(28-2)14-12-18)24(27)25-20-9-6-10-21(20)29-15-17-7-4-3-5-8-17/h3-5,7-8,11-14,20-21H,6,9-10,15H2,1-2H3,(H,25,27)/t20-,21-/m0/s1. The number of ether oxygens (including phenoxy) is 2. The number of amides is 1. The third-order valence-electron chi connectivity index (χ3n) is 5.52. The number of nitrogens with zero attached hydrogens (tertiary/aromatic N) is 1. The zero-order valence-corrected chi connectivity index (χ0v) is 17.3. The van der Waals surface area contributed by atoms with Gasteiger partial charge in [0.2, 0.25) is 0 Å². The van der Waals surface area contributed by atoms with Crippen LogP contribution in [-0.2, 0) is 11.3 Å². The van der Waals surface area contributed by atoms with Crippen LogP contribution in [0.4, 0.5) is 0 Å². The van der Waals surface area contributed by atoms with Gasteiger partial charge in [0.15, 0.2) is 5.76 Å². The molecule has 6 heteroatoms. The van der Waals surface area contributed by atoms with Crippen LogP contribution in [0.15, 0.2) is 59.1 Å². The van der Waals surface area contributed by atoms with E-state index in [1.54, 1.807) is 14.0 Å². The Labute approximate surface area is 176 Å². The minimum absolute atomic E-state index is 0.00115. The van der Waals surface area contributed by atoms with E-state index >= 15 is 0 Å². The fraction of sp³-hybridized carbons (Fsp3) is 0.333. The normalized spacial score (nSPS) is 18.3. The molecule has 0 spiro atoms. The van der Waals surface area contributed by atoms with Crippen molar-refractivity contribution < 1.29 is 18.8 Å². The first-order chi connectivity index (χ1) is 14.7. The summed E-state index contributed by atoms with van der Waals surface area (Å²) in [6, 6.07) is 17.4. The van der Waals surface area contributed by atoms with E-state index < -0.39 is 0 Å². The lowest BCUT2D eigenvalue weighted by Gasteiger charge is -2.21. The number of rotatable bonds is 7. The van der Waals surface area contributed by atoms with Gasteiger partial charge in [0.25, 0.3) is 5.91 Å². The Kier molecular flexibility index (Phi) is 6.14. The predicted octanol–water partition coefficient (Wildman–Crippen LogP) is 4.53. The van der Waals surface area contributed by atoms with Crippen LogP contribution in [0.2, 0.25) is 0 Å². The maximum Gasteiger partial charge on any atom is 0.257 e. The SMILES string of the molecule is COc1ccc(-c2onc(C)c2C(=O)N[C@H]2CCC[C@@H]2OCc2ccccc2)cc1. The van der Waals surface area contributed by atoms with E-state index in [2.05, 4.69) is 10.5 Å². The first kappa shape index (κ1) is 20.2. The van der Waals surface area contributed by atoms with Crippen molar-refractivity contribution in [2.24, 2.45) is 0 Å². The van der Waals surface area contributed by atoms with Crippen molar-refractivity contribution in [3.63, 3.8) is 0 Å². The van der Waals surface area contributed by atoms with Gasteiger partial charge in [-0.15, -0.1) is 0 Å². The Morgan fingerprint density at radius 2 is 1.90 bits per heavy atom. The number of methoxy groups -OCH3 is 1. The largest absolute Gasteiger partial charge is 0.497 e. The first-order valence-electron chi connectivity index (χ1n) is 10.2. The van der Waals surface area contributed by atoms with Crippen molar-refractivity contribution >= 4 is 5.91 Å². The molecule has 1 fully saturated rings. The molecule has 1 heterocycles. The van der Waals surface area contributed by atoms with Gasteiger partial charge >= 0.3 is 0 Å². The Hall–Kier alpha value is -3.12. The summed E-state index contributed by atoms with van der Waals surface area (Å²) in [7, 11) is 1.62. The third kappa shape index (κ3) is 4.39. The Morgan fingerprint density at radius 3 is 2.63 bits per heavy atom. The van der Waals surface area contributed by atoms with E-state index in [9.17, 15) is 4.79 Å². The molecule has 0 saturated heterocycles. The summed E-state index contributed by atoms with van der Waals surface area (Å²) < 4.78 is 16.8. The van der Waals surface area contributed by atoms with E-state index in [1.165, 1.54) is 0 Å². The summed E-state index contributed by atoms with van der Waals surface area (Å²) in [4.78, 5) is 13.1. The van der Waals surface area contributed by atoms with Gasteiger partial charge < -0.3 is 19.3 Å². The molecule has 0 radical (unpaired) electrons. The molecule has 2 atom stereocenters. The van der Waals surface area contributed by atoms with E-state index in [0.717, 1.165) is 36.1 Å². The van der Waals surface area contributed by atoms with Gasteiger partial charge in [-0.3, -0.25) is 4.79 Å². The molecule has 1 amide bonds. The Bertz CT molecular complexity index is 982. The van der Waals surface area contributed by atoms with Crippen LogP contribution in [0.25, 0.3) is 11.3 Å². The molecule has 2 aromatic carbocycles. The van der Waals surface area contributed by atoms with Gasteiger partial charge in [-0.25, -0.2) is 0 Å². The van der Waals surface area contributed by atoms with E-state index in [4.69, 9.17) is 14.0 Å². The maximum atomic E-state index is 13.1. The van der Waals surface area contributed by atoms with Gasteiger partial charge in [0.05, 0.1) is 31.6 Å². The fourth-order valence-corrected chi connectivity index (χ4v) is 3.89. The number of aryl methyl sites for hydroxylation is 1. The molecule has 6 nitrogen and oxygen atoms in total. The molecular formula is C24H26N2O4. The number of nitrogens with one attached hydrogen (secondary N) is 1. The summed E-state index contributed by atoms with van der Waals surface area (Å²) >= 11 is 0. The Balaban J connectivity index is 1.46. The van der Waals surface area contributed by atoms with Crippen LogP contribution >= 0.6 is 0 Å². The van der Waals surface area contributed by atoms with Crippen LogP contribution in [0.5, 0.6) is 5.75 Å². The highest BCUT2D eigenvalue weighted by Gasteiger charge is 2.31. The molecule has 30 heavy (non-hydrogen) atoms. The molecule has 1 N–H and O–H groups in total. The Morgan fingerprint density at radius 1 is 1.13 bits per heavy atom. The van der Waals surface area contributed by atoms with Gasteiger partial charge in [0.1, 0.15) is 11.3 Å². The number of hydrogen-bond donors (Lipinski definition) is 1. The molecule has 0 aliphatic heterocycles. The van der Waals surface area contributed by atoms with Gasteiger partial charge in [-0.1, -0.05) is 35.5 Å². The second-order valence-corrected chi connectivity index (χ2v) is 7.55. The molecule has 1 saturated carbocycles. The number of carbonyl (C=O) groups is 1. The second kappa shape index (κ2) is 9.13. The van der Waals surface area contributed by atoms with Crippen molar-refractivity contribution in [3.8, 4) is 17.1 Å². The van der Waals surface area contributed by atoms with Crippen molar-refractivity contribution in [2.75, 3.05) is 7.11 Å². The van der Waals surface area contributed by atoms with Gasteiger partial charge in [-0.2, -0.15) is 0 Å². The number of benzene rings is 2. The fourth-order valence-electron chi connectivity index (χ4n) is 3.89. The predicted molar refractivity (Wildman–Crippen MR) is 113 cm³/mol. The lowest BCUT2D eigenvalue weighted by Crippen LogP contribution is -2.41.